The quantitative estimate of drug-likeness (QED) is 0.228. The minimum atomic E-state index is -0.500. The highest BCUT2D eigenvalue weighted by Crippen LogP contribution is 2.40. The fourth-order valence-corrected chi connectivity index (χ4v) is 5.05. The third kappa shape index (κ3) is 11.8. The zero-order valence-corrected chi connectivity index (χ0v) is 29.2. The van der Waals surface area contributed by atoms with E-state index in [9.17, 15) is 4.79 Å². The van der Waals surface area contributed by atoms with Crippen molar-refractivity contribution >= 4 is 29.1 Å². The van der Waals surface area contributed by atoms with Crippen molar-refractivity contribution in [2.75, 3.05) is 43.1 Å². The van der Waals surface area contributed by atoms with Crippen molar-refractivity contribution in [3.8, 4) is 16.9 Å². The molecule has 0 saturated carbocycles. The first-order valence-corrected chi connectivity index (χ1v) is 16.1. The van der Waals surface area contributed by atoms with E-state index in [1.165, 1.54) is 0 Å². The van der Waals surface area contributed by atoms with Crippen LogP contribution in [-0.2, 0) is 16.0 Å². The van der Waals surface area contributed by atoms with Crippen LogP contribution in [0.5, 0.6) is 5.75 Å². The van der Waals surface area contributed by atoms with Gasteiger partial charge in [-0.25, -0.2) is 4.98 Å². The van der Waals surface area contributed by atoms with Crippen molar-refractivity contribution in [3.05, 3.63) is 65.1 Å². The van der Waals surface area contributed by atoms with E-state index in [4.69, 9.17) is 36.1 Å². The maximum Gasteiger partial charge on any atom is 0.310 e. The molecule has 2 aromatic heterocycles. The number of piperidine rings is 1. The van der Waals surface area contributed by atoms with Gasteiger partial charge in [0.25, 0.3) is 0 Å². The molecule has 1 aliphatic heterocycles. The molecule has 0 aliphatic carbocycles. The summed E-state index contributed by atoms with van der Waals surface area (Å²) in [7, 11) is 2.00. The summed E-state index contributed by atoms with van der Waals surface area (Å²) < 4.78 is 11.4. The molecular weight excluding hydrogens is 588 g/mol. The van der Waals surface area contributed by atoms with Crippen molar-refractivity contribution in [2.24, 2.45) is 5.41 Å². The molecule has 1 aromatic carbocycles. The fraction of sp³-hybridized carbons (Fsp3) is 0.528. The summed E-state index contributed by atoms with van der Waals surface area (Å²) in [5.41, 5.74) is 4.63. The number of esters is 1. The van der Waals surface area contributed by atoms with Crippen LogP contribution < -0.4 is 14.5 Å². The molecule has 1 fully saturated rings. The van der Waals surface area contributed by atoms with Gasteiger partial charge in [-0.1, -0.05) is 25.4 Å². The summed E-state index contributed by atoms with van der Waals surface area (Å²) in [6, 6.07) is 11.5. The van der Waals surface area contributed by atoms with E-state index in [0.29, 0.717) is 23.6 Å². The molecule has 1 N–H and O–H groups in total. The number of aliphatic hydroxyl groups is 1. The zero-order valence-electron chi connectivity index (χ0n) is 28.5. The Bertz CT molecular complexity index is 1370. The number of likely N-dealkylation sites (N-methyl/N-ethyl adjacent to an activating group) is 1. The summed E-state index contributed by atoms with van der Waals surface area (Å²) in [6.07, 6.45) is 6.03. The Hall–Kier alpha value is -3.36. The first kappa shape index (κ1) is 36.1. The lowest BCUT2D eigenvalue weighted by Gasteiger charge is -2.40. The normalized spacial score (nSPS) is 14.4. The Balaban J connectivity index is 0.00000102. The van der Waals surface area contributed by atoms with Gasteiger partial charge in [-0.15, -0.1) is 0 Å². The molecule has 4 rings (SSSR count). The first-order valence-electron chi connectivity index (χ1n) is 15.7. The molecule has 0 atom stereocenters. The Kier molecular flexibility index (Phi) is 12.7. The number of aromatic nitrogens is 2. The van der Waals surface area contributed by atoms with Crippen LogP contribution in [0, 0.1) is 12.3 Å². The van der Waals surface area contributed by atoms with Gasteiger partial charge in [-0.2, -0.15) is 0 Å². The van der Waals surface area contributed by atoms with Gasteiger partial charge in [0, 0.05) is 59.9 Å². The Morgan fingerprint density at radius 2 is 1.69 bits per heavy atom. The summed E-state index contributed by atoms with van der Waals surface area (Å²) in [6.45, 7) is 18.7. The van der Waals surface area contributed by atoms with E-state index in [-0.39, 0.29) is 18.5 Å². The van der Waals surface area contributed by atoms with Crippen LogP contribution in [0.25, 0.3) is 11.1 Å². The number of benzene rings is 1. The minimum Gasteiger partial charge on any atom is -0.492 e. The monoisotopic (exact) mass is 638 g/mol. The predicted molar refractivity (Wildman–Crippen MR) is 185 cm³/mol. The third-order valence-corrected chi connectivity index (χ3v) is 7.70. The lowest BCUT2D eigenvalue weighted by atomic mass is 9.82. The van der Waals surface area contributed by atoms with Crippen molar-refractivity contribution in [3.63, 3.8) is 0 Å². The summed E-state index contributed by atoms with van der Waals surface area (Å²) in [4.78, 5) is 26.7. The van der Waals surface area contributed by atoms with Crippen molar-refractivity contribution in [1.82, 2.24) is 9.97 Å². The van der Waals surface area contributed by atoms with Gasteiger partial charge in [0.15, 0.2) is 0 Å². The molecule has 0 unspecified atom stereocenters. The number of anilines is 2. The van der Waals surface area contributed by atoms with Crippen LogP contribution in [0.2, 0.25) is 5.02 Å². The predicted octanol–water partition coefficient (Wildman–Crippen LogP) is 7.52. The number of carbonyl (C=O) groups is 1. The molecule has 9 heteroatoms. The van der Waals surface area contributed by atoms with E-state index in [1.54, 1.807) is 20.8 Å². The van der Waals surface area contributed by atoms with Crippen LogP contribution in [0.15, 0.2) is 48.8 Å². The molecule has 0 radical (unpaired) electrons. The SMILES string of the molecule is CC(C)(C)O.Cc1ncc(-c2ccc(N(C)CCOc3ccc(Cl)cc3)nc2)c(N2CCC(C)(C)CC2)c1CC(=O)OC(C)C. The van der Waals surface area contributed by atoms with E-state index >= 15 is 0 Å². The van der Waals surface area contributed by atoms with Crippen LogP contribution in [0.3, 0.4) is 0 Å². The molecular formula is C36H51ClN4O4. The highest BCUT2D eigenvalue weighted by molar-refractivity contribution is 6.30. The van der Waals surface area contributed by atoms with E-state index in [2.05, 4.69) is 29.7 Å². The number of pyridine rings is 2. The number of hydrogen-bond acceptors (Lipinski definition) is 8. The zero-order chi connectivity index (χ0) is 33.4. The van der Waals surface area contributed by atoms with Crippen LogP contribution >= 0.6 is 11.6 Å². The fourth-order valence-electron chi connectivity index (χ4n) is 4.92. The van der Waals surface area contributed by atoms with Gasteiger partial charge in [-0.3, -0.25) is 9.78 Å². The van der Waals surface area contributed by atoms with Crippen LogP contribution in [0.4, 0.5) is 11.5 Å². The smallest absolute Gasteiger partial charge is 0.310 e. The van der Waals surface area contributed by atoms with Gasteiger partial charge in [0.1, 0.15) is 18.2 Å². The van der Waals surface area contributed by atoms with Gasteiger partial charge >= 0.3 is 5.97 Å². The number of rotatable bonds is 10. The Morgan fingerprint density at radius 1 is 1.07 bits per heavy atom. The maximum absolute atomic E-state index is 12.8. The number of nitrogens with zero attached hydrogens (tertiary/aromatic N) is 4. The van der Waals surface area contributed by atoms with E-state index in [0.717, 1.165) is 65.6 Å². The largest absolute Gasteiger partial charge is 0.492 e. The molecule has 1 saturated heterocycles. The molecule has 0 bridgehead atoms. The van der Waals surface area contributed by atoms with Gasteiger partial charge in [-0.05, 0) is 96.2 Å². The third-order valence-electron chi connectivity index (χ3n) is 7.45. The highest BCUT2D eigenvalue weighted by atomic mass is 35.5. The van der Waals surface area contributed by atoms with Crippen LogP contribution in [-0.4, -0.2) is 66.0 Å². The van der Waals surface area contributed by atoms with Crippen molar-refractivity contribution in [2.45, 2.75) is 86.4 Å². The molecule has 3 heterocycles. The lowest BCUT2D eigenvalue weighted by molar-refractivity contribution is -0.146. The number of ether oxygens (including phenoxy) is 2. The molecule has 8 nitrogen and oxygen atoms in total. The molecule has 1 aliphatic rings. The minimum absolute atomic E-state index is 0.159. The molecule has 3 aromatic rings. The average Bonchev–Trinajstić information content (AvgIpc) is 2.94. The van der Waals surface area contributed by atoms with E-state index in [1.807, 2.05) is 70.5 Å². The Morgan fingerprint density at radius 3 is 2.24 bits per heavy atom. The second-order valence-corrected chi connectivity index (χ2v) is 14.2. The second-order valence-electron chi connectivity index (χ2n) is 13.8. The van der Waals surface area contributed by atoms with Crippen molar-refractivity contribution in [1.29, 1.82) is 0 Å². The number of carbonyl (C=O) groups excluding carboxylic acids is 1. The lowest BCUT2D eigenvalue weighted by Crippen LogP contribution is -2.38. The van der Waals surface area contributed by atoms with Crippen molar-refractivity contribution < 1.29 is 19.4 Å². The van der Waals surface area contributed by atoms with E-state index < -0.39 is 5.60 Å². The molecule has 45 heavy (non-hydrogen) atoms. The maximum atomic E-state index is 12.8. The van der Waals surface area contributed by atoms with Crippen LogP contribution in [0.1, 0.15) is 72.6 Å². The summed E-state index contributed by atoms with van der Waals surface area (Å²) in [5.74, 6) is 1.41. The van der Waals surface area contributed by atoms with Gasteiger partial charge in [0.05, 0.1) is 30.4 Å². The standard InChI is InChI=1S/C32H41ClN4O3.C4H10O/c1-22(2)40-30(38)19-27-23(3)34-21-28(31(27)37-15-13-32(4,5)14-16-37)24-7-12-29(35-20-24)36(6)17-18-39-26-10-8-25(33)9-11-26;1-4(2,3)5/h7-12,20-22H,13-19H2,1-6H3;5H,1-3H3. The molecule has 0 amide bonds. The summed E-state index contributed by atoms with van der Waals surface area (Å²) >= 11 is 5.96. The second kappa shape index (κ2) is 15.8. The highest BCUT2D eigenvalue weighted by Gasteiger charge is 2.29. The Labute approximate surface area is 274 Å². The van der Waals surface area contributed by atoms with Gasteiger partial charge in [0.2, 0.25) is 0 Å². The number of halogens is 1. The average molecular weight is 639 g/mol. The molecule has 246 valence electrons. The first-order chi connectivity index (χ1) is 21.0. The number of hydrogen-bond donors (Lipinski definition) is 1. The molecule has 0 spiro atoms. The van der Waals surface area contributed by atoms with Gasteiger partial charge < -0.3 is 24.4 Å². The summed E-state index contributed by atoms with van der Waals surface area (Å²) in [5, 5.41) is 9.21. The number of aryl methyl sites for hydroxylation is 1. The topological polar surface area (TPSA) is 88.0 Å².